The van der Waals surface area contributed by atoms with Crippen LogP contribution in [0.25, 0.3) is 21.8 Å². The Hall–Kier alpha value is -3.03. The smallest absolute Gasteiger partial charge is 0.236 e. The highest BCUT2D eigenvalue weighted by atomic mass is 32.2. The number of rotatable bonds is 6. The molecule has 0 saturated heterocycles. The van der Waals surface area contributed by atoms with Crippen molar-refractivity contribution in [1.82, 2.24) is 4.98 Å². The van der Waals surface area contributed by atoms with Crippen LogP contribution in [-0.4, -0.2) is 13.4 Å². The van der Waals surface area contributed by atoms with E-state index in [1.54, 1.807) is 23.5 Å². The van der Waals surface area contributed by atoms with Gasteiger partial charge in [-0.3, -0.25) is 4.72 Å². The van der Waals surface area contributed by atoms with Gasteiger partial charge in [0, 0.05) is 22.2 Å². The molecule has 4 aromatic rings. The van der Waals surface area contributed by atoms with Crippen molar-refractivity contribution in [3.63, 3.8) is 0 Å². The van der Waals surface area contributed by atoms with Crippen LogP contribution in [0, 0.1) is 5.82 Å². The summed E-state index contributed by atoms with van der Waals surface area (Å²) < 4.78 is 40.2. The Balaban J connectivity index is 1.46. The third-order valence-corrected chi connectivity index (χ3v) is 6.40. The second-order valence-electron chi connectivity index (χ2n) is 6.47. The van der Waals surface area contributed by atoms with Gasteiger partial charge < -0.3 is 0 Å². The molecule has 0 aliphatic carbocycles. The van der Waals surface area contributed by atoms with E-state index in [-0.39, 0.29) is 5.75 Å². The number of hydrogen-bond acceptors (Lipinski definition) is 4. The number of nitrogens with one attached hydrogen (secondary N) is 1. The van der Waals surface area contributed by atoms with Gasteiger partial charge in [0.1, 0.15) is 10.8 Å². The number of thiazole rings is 1. The molecule has 0 fully saturated rings. The van der Waals surface area contributed by atoms with Gasteiger partial charge in [0.2, 0.25) is 10.0 Å². The number of nitrogens with zero attached hydrogens (tertiary/aromatic N) is 1. The van der Waals surface area contributed by atoms with Gasteiger partial charge in [-0.2, -0.15) is 0 Å². The predicted octanol–water partition coefficient (Wildman–Crippen LogP) is 5.56. The van der Waals surface area contributed by atoms with E-state index in [1.165, 1.54) is 24.3 Å². The van der Waals surface area contributed by atoms with Crippen molar-refractivity contribution in [1.29, 1.82) is 0 Å². The first-order valence-corrected chi connectivity index (χ1v) is 11.4. The molecule has 0 saturated carbocycles. The van der Waals surface area contributed by atoms with Crippen LogP contribution in [0.3, 0.4) is 0 Å². The minimum atomic E-state index is -3.60. The molecule has 29 heavy (non-hydrogen) atoms. The van der Waals surface area contributed by atoms with Crippen molar-refractivity contribution in [3.8, 4) is 21.8 Å². The molecule has 0 bridgehead atoms. The Morgan fingerprint density at radius 1 is 0.862 bits per heavy atom. The molecule has 3 aromatic carbocycles. The SMILES string of the molecule is O=S(=O)(Cc1ccc(F)cc1)Nc1ccc(-c2csc(-c3ccccc3)n2)cc1. The van der Waals surface area contributed by atoms with Crippen molar-refractivity contribution in [2.24, 2.45) is 0 Å². The Labute approximate surface area is 172 Å². The van der Waals surface area contributed by atoms with Crippen LogP contribution < -0.4 is 4.72 Å². The second kappa shape index (κ2) is 8.14. The van der Waals surface area contributed by atoms with E-state index < -0.39 is 15.8 Å². The lowest BCUT2D eigenvalue weighted by atomic mass is 10.1. The molecule has 0 aliphatic rings. The molecule has 0 aliphatic heterocycles. The zero-order valence-corrected chi connectivity index (χ0v) is 16.9. The summed E-state index contributed by atoms with van der Waals surface area (Å²) in [6.45, 7) is 0. The number of anilines is 1. The van der Waals surface area contributed by atoms with Crippen LogP contribution in [0.5, 0.6) is 0 Å². The van der Waals surface area contributed by atoms with Gasteiger partial charge in [-0.1, -0.05) is 54.6 Å². The van der Waals surface area contributed by atoms with E-state index in [9.17, 15) is 12.8 Å². The first kappa shape index (κ1) is 19.3. The summed E-state index contributed by atoms with van der Waals surface area (Å²) in [5, 5.41) is 2.92. The number of sulfonamides is 1. The first-order chi connectivity index (χ1) is 14.0. The Morgan fingerprint density at radius 2 is 1.55 bits per heavy atom. The highest BCUT2D eigenvalue weighted by Crippen LogP contribution is 2.29. The summed E-state index contributed by atoms with van der Waals surface area (Å²) in [4.78, 5) is 4.67. The molecule has 7 heteroatoms. The first-order valence-electron chi connectivity index (χ1n) is 8.85. The zero-order valence-electron chi connectivity index (χ0n) is 15.2. The monoisotopic (exact) mass is 424 g/mol. The molecular weight excluding hydrogens is 407 g/mol. The molecule has 0 spiro atoms. The summed E-state index contributed by atoms with van der Waals surface area (Å²) in [7, 11) is -3.60. The minimum Gasteiger partial charge on any atom is -0.283 e. The highest BCUT2D eigenvalue weighted by molar-refractivity contribution is 7.91. The van der Waals surface area contributed by atoms with Crippen molar-refractivity contribution in [2.75, 3.05) is 4.72 Å². The van der Waals surface area contributed by atoms with Gasteiger partial charge in [-0.25, -0.2) is 17.8 Å². The summed E-state index contributed by atoms with van der Waals surface area (Å²) in [6.07, 6.45) is 0. The normalized spacial score (nSPS) is 11.3. The summed E-state index contributed by atoms with van der Waals surface area (Å²) in [5.74, 6) is -0.617. The van der Waals surface area contributed by atoms with E-state index in [4.69, 9.17) is 0 Å². The van der Waals surface area contributed by atoms with E-state index in [0.717, 1.165) is 21.8 Å². The van der Waals surface area contributed by atoms with Crippen LogP contribution in [0.15, 0.2) is 84.2 Å². The van der Waals surface area contributed by atoms with Gasteiger partial charge in [-0.15, -0.1) is 11.3 Å². The average molecular weight is 425 g/mol. The number of halogens is 1. The van der Waals surface area contributed by atoms with E-state index in [1.807, 2.05) is 47.8 Å². The minimum absolute atomic E-state index is 0.221. The fourth-order valence-electron chi connectivity index (χ4n) is 2.84. The highest BCUT2D eigenvalue weighted by Gasteiger charge is 2.13. The third kappa shape index (κ3) is 4.88. The van der Waals surface area contributed by atoms with Crippen LogP contribution in [0.1, 0.15) is 5.56 Å². The maximum Gasteiger partial charge on any atom is 0.236 e. The maximum atomic E-state index is 13.0. The molecule has 4 rings (SSSR count). The van der Waals surface area contributed by atoms with E-state index >= 15 is 0 Å². The van der Waals surface area contributed by atoms with Crippen molar-refractivity contribution < 1.29 is 12.8 Å². The Morgan fingerprint density at radius 3 is 2.24 bits per heavy atom. The van der Waals surface area contributed by atoms with Gasteiger partial charge in [0.15, 0.2) is 0 Å². The van der Waals surface area contributed by atoms with E-state index in [2.05, 4.69) is 9.71 Å². The largest absolute Gasteiger partial charge is 0.283 e. The van der Waals surface area contributed by atoms with Gasteiger partial charge >= 0.3 is 0 Å². The molecule has 0 amide bonds. The molecule has 1 aromatic heterocycles. The lowest BCUT2D eigenvalue weighted by Gasteiger charge is -2.08. The fourth-order valence-corrected chi connectivity index (χ4v) is 4.88. The average Bonchev–Trinajstić information content (AvgIpc) is 3.21. The number of benzene rings is 3. The number of hydrogen-bond donors (Lipinski definition) is 1. The van der Waals surface area contributed by atoms with Gasteiger partial charge in [0.05, 0.1) is 11.4 Å². The predicted molar refractivity (Wildman–Crippen MR) is 116 cm³/mol. The molecule has 1 heterocycles. The quantitative estimate of drug-likeness (QED) is 0.441. The van der Waals surface area contributed by atoms with Crippen LogP contribution in [0.2, 0.25) is 0 Å². The summed E-state index contributed by atoms with van der Waals surface area (Å²) >= 11 is 1.56. The molecule has 0 atom stereocenters. The zero-order chi connectivity index (χ0) is 20.3. The van der Waals surface area contributed by atoms with E-state index in [0.29, 0.717) is 11.3 Å². The van der Waals surface area contributed by atoms with Crippen LogP contribution in [0.4, 0.5) is 10.1 Å². The van der Waals surface area contributed by atoms with Crippen molar-refractivity contribution in [3.05, 3.63) is 95.6 Å². The molecular formula is C22H17FN2O2S2. The summed E-state index contributed by atoms with van der Waals surface area (Å²) in [5.41, 5.74) is 3.80. The second-order valence-corrected chi connectivity index (χ2v) is 9.05. The number of aromatic nitrogens is 1. The van der Waals surface area contributed by atoms with Gasteiger partial charge in [0.25, 0.3) is 0 Å². The van der Waals surface area contributed by atoms with Crippen molar-refractivity contribution in [2.45, 2.75) is 5.75 Å². The third-order valence-electron chi connectivity index (χ3n) is 4.25. The molecule has 146 valence electrons. The molecule has 4 nitrogen and oxygen atoms in total. The lowest BCUT2D eigenvalue weighted by molar-refractivity contribution is 0.600. The molecule has 0 radical (unpaired) electrons. The van der Waals surface area contributed by atoms with Crippen LogP contribution >= 0.6 is 11.3 Å². The topological polar surface area (TPSA) is 59.1 Å². The summed E-state index contributed by atoms with van der Waals surface area (Å²) in [6, 6.07) is 22.4. The standard InChI is InChI=1S/C22H17FN2O2S2/c23-19-10-6-16(7-11-19)15-29(26,27)25-20-12-8-17(9-13-20)21-14-28-22(24-21)18-4-2-1-3-5-18/h1-14,25H,15H2. The fraction of sp³-hybridized carbons (Fsp3) is 0.0455. The van der Waals surface area contributed by atoms with Crippen LogP contribution in [-0.2, 0) is 15.8 Å². The lowest BCUT2D eigenvalue weighted by Crippen LogP contribution is -2.15. The molecule has 0 unspecified atom stereocenters. The molecule has 1 N–H and O–H groups in total. The maximum absolute atomic E-state index is 13.0. The Kier molecular flexibility index (Phi) is 5.42. The van der Waals surface area contributed by atoms with Crippen molar-refractivity contribution >= 4 is 27.0 Å². The Bertz CT molecular complexity index is 1200. The van der Waals surface area contributed by atoms with Gasteiger partial charge in [-0.05, 0) is 29.8 Å².